The number of carbonyl (C=O) groups excluding carboxylic acids is 1. The largest absolute Gasteiger partial charge is 0.493 e. The van der Waals surface area contributed by atoms with E-state index in [0.29, 0.717) is 43.3 Å². The summed E-state index contributed by atoms with van der Waals surface area (Å²) in [4.78, 5) is 24.8. The van der Waals surface area contributed by atoms with Gasteiger partial charge in [-0.1, -0.05) is 6.07 Å². The molecule has 0 spiro atoms. The van der Waals surface area contributed by atoms with Gasteiger partial charge in [-0.05, 0) is 25.5 Å². The number of carbonyl (C=O) groups is 1. The van der Waals surface area contributed by atoms with Gasteiger partial charge in [0.2, 0.25) is 11.7 Å². The molecule has 0 saturated carbocycles. The Morgan fingerprint density at radius 1 is 1.00 bits per heavy atom. The molecule has 9 nitrogen and oxygen atoms in total. The number of hydrogen-bond donors (Lipinski definition) is 0. The van der Waals surface area contributed by atoms with Crippen LogP contribution in [0.5, 0.6) is 17.2 Å². The lowest BCUT2D eigenvalue weighted by atomic mass is 10.1. The summed E-state index contributed by atoms with van der Waals surface area (Å²) < 4.78 is 22.1. The Labute approximate surface area is 213 Å². The summed E-state index contributed by atoms with van der Waals surface area (Å²) >= 11 is 0. The van der Waals surface area contributed by atoms with Crippen molar-refractivity contribution in [1.29, 1.82) is 0 Å². The minimum atomic E-state index is -0.214. The second-order valence-electron chi connectivity index (χ2n) is 7.36. The summed E-state index contributed by atoms with van der Waals surface area (Å²) in [6.45, 7) is 6.76. The summed E-state index contributed by atoms with van der Waals surface area (Å²) in [7, 11) is 3.21. The summed E-state index contributed by atoms with van der Waals surface area (Å²) in [5.74, 6) is 2.39. The molecule has 2 aromatic rings. The quantitative estimate of drug-likeness (QED) is 0.329. The number of methoxy groups -OCH3 is 2. The second kappa shape index (κ2) is 15.4. The molecule has 190 valence electrons. The van der Waals surface area contributed by atoms with Crippen LogP contribution in [0.15, 0.2) is 30.6 Å². The van der Waals surface area contributed by atoms with E-state index in [1.54, 1.807) is 33.5 Å². The molecule has 11 heteroatoms. The van der Waals surface area contributed by atoms with Crippen molar-refractivity contribution in [3.05, 3.63) is 36.2 Å². The van der Waals surface area contributed by atoms with Gasteiger partial charge in [-0.2, -0.15) is 0 Å². The Kier molecular flexibility index (Phi) is 13.4. The maximum atomic E-state index is 11.6. The van der Waals surface area contributed by atoms with Gasteiger partial charge in [-0.25, -0.2) is 9.97 Å². The van der Waals surface area contributed by atoms with Crippen molar-refractivity contribution in [3.8, 4) is 17.2 Å². The van der Waals surface area contributed by atoms with Crippen LogP contribution in [0.1, 0.15) is 25.3 Å². The molecule has 0 bridgehead atoms. The highest BCUT2D eigenvalue weighted by atomic mass is 35.5. The highest BCUT2D eigenvalue weighted by molar-refractivity contribution is 5.85. The van der Waals surface area contributed by atoms with Crippen LogP contribution in [0.3, 0.4) is 0 Å². The number of nitrogens with zero attached hydrogens (tertiary/aromatic N) is 4. The van der Waals surface area contributed by atoms with Crippen LogP contribution in [0.4, 0.5) is 5.95 Å². The molecule has 2 heterocycles. The van der Waals surface area contributed by atoms with Gasteiger partial charge in [0.15, 0.2) is 11.5 Å². The molecule has 1 aliphatic rings. The zero-order valence-corrected chi connectivity index (χ0v) is 21.5. The number of benzene rings is 1. The van der Waals surface area contributed by atoms with E-state index in [2.05, 4.69) is 19.8 Å². The van der Waals surface area contributed by atoms with Crippen LogP contribution < -0.4 is 19.1 Å². The molecule has 1 fully saturated rings. The molecule has 0 radical (unpaired) electrons. The first kappa shape index (κ1) is 29.5. The van der Waals surface area contributed by atoms with Crippen molar-refractivity contribution in [1.82, 2.24) is 14.9 Å². The number of anilines is 1. The third-order valence-electron chi connectivity index (χ3n) is 5.26. The van der Waals surface area contributed by atoms with Gasteiger partial charge >= 0.3 is 5.97 Å². The topological polar surface area (TPSA) is 86.3 Å². The molecule has 1 aliphatic heterocycles. The molecule has 0 amide bonds. The van der Waals surface area contributed by atoms with Crippen molar-refractivity contribution < 1.29 is 23.7 Å². The van der Waals surface area contributed by atoms with E-state index in [0.717, 1.165) is 44.2 Å². The lowest BCUT2D eigenvalue weighted by molar-refractivity contribution is -0.143. The van der Waals surface area contributed by atoms with E-state index >= 15 is 0 Å². The lowest BCUT2D eigenvalue weighted by Crippen LogP contribution is -2.46. The van der Waals surface area contributed by atoms with Crippen molar-refractivity contribution in [2.75, 3.05) is 58.5 Å². The summed E-state index contributed by atoms with van der Waals surface area (Å²) in [5, 5.41) is 0. The molecule has 1 aromatic heterocycles. The summed E-state index contributed by atoms with van der Waals surface area (Å²) in [6, 6.07) is 5.73. The SMILES string of the molecule is CCOC(=O)CCCOc1c(CN2CCN(c3ncccn3)CC2)ccc(OC)c1OC.Cl.Cl. The van der Waals surface area contributed by atoms with Crippen molar-refractivity contribution in [3.63, 3.8) is 0 Å². The number of ether oxygens (including phenoxy) is 4. The predicted octanol–water partition coefficient (Wildman–Crippen LogP) is 3.38. The van der Waals surface area contributed by atoms with Gasteiger partial charge in [-0.3, -0.25) is 9.69 Å². The normalized spacial score (nSPS) is 13.3. The van der Waals surface area contributed by atoms with Crippen LogP contribution in [0, 0.1) is 0 Å². The Morgan fingerprint density at radius 3 is 2.32 bits per heavy atom. The van der Waals surface area contributed by atoms with Crippen molar-refractivity contribution in [2.45, 2.75) is 26.3 Å². The molecule has 0 atom stereocenters. The summed E-state index contributed by atoms with van der Waals surface area (Å²) in [6.07, 6.45) is 4.42. The molecular weight excluding hydrogens is 483 g/mol. The van der Waals surface area contributed by atoms with E-state index in [9.17, 15) is 4.79 Å². The lowest BCUT2D eigenvalue weighted by Gasteiger charge is -2.35. The number of esters is 1. The Hall–Kier alpha value is -2.49. The number of aromatic nitrogens is 2. The van der Waals surface area contributed by atoms with E-state index in [1.807, 2.05) is 18.2 Å². The fourth-order valence-electron chi connectivity index (χ4n) is 3.65. The van der Waals surface area contributed by atoms with Gasteiger partial charge in [0.05, 0.1) is 27.4 Å². The Balaban J connectivity index is 0.00000289. The molecule has 0 N–H and O–H groups in total. The van der Waals surface area contributed by atoms with Crippen LogP contribution in [0.25, 0.3) is 0 Å². The molecule has 0 unspecified atom stereocenters. The van der Waals surface area contributed by atoms with E-state index in [-0.39, 0.29) is 30.8 Å². The minimum absolute atomic E-state index is 0. The molecule has 1 aromatic carbocycles. The van der Waals surface area contributed by atoms with E-state index in [1.165, 1.54) is 0 Å². The minimum Gasteiger partial charge on any atom is -0.493 e. The second-order valence-corrected chi connectivity index (χ2v) is 7.36. The predicted molar refractivity (Wildman–Crippen MR) is 135 cm³/mol. The average molecular weight is 517 g/mol. The zero-order valence-electron chi connectivity index (χ0n) is 19.9. The maximum absolute atomic E-state index is 11.6. The van der Waals surface area contributed by atoms with E-state index < -0.39 is 0 Å². The first-order valence-electron chi connectivity index (χ1n) is 10.9. The smallest absolute Gasteiger partial charge is 0.305 e. The number of rotatable bonds is 11. The molecule has 1 saturated heterocycles. The standard InChI is InChI=1S/C23H32N4O5.2ClH/c1-4-31-20(28)7-5-16-32-21-18(8-9-19(29-2)22(21)30-3)17-26-12-14-27(15-13-26)23-24-10-6-11-25-23;;/h6,8-11H,4-5,7,12-17H2,1-3H3;2*1H. The molecule has 3 rings (SSSR count). The average Bonchev–Trinajstić information content (AvgIpc) is 2.83. The molecule has 0 aliphatic carbocycles. The maximum Gasteiger partial charge on any atom is 0.305 e. The summed E-state index contributed by atoms with van der Waals surface area (Å²) in [5.41, 5.74) is 1.02. The van der Waals surface area contributed by atoms with Crippen molar-refractivity contribution in [2.24, 2.45) is 0 Å². The van der Waals surface area contributed by atoms with Crippen LogP contribution in [-0.4, -0.2) is 74.4 Å². The van der Waals surface area contributed by atoms with Crippen LogP contribution in [-0.2, 0) is 16.1 Å². The third-order valence-corrected chi connectivity index (χ3v) is 5.26. The van der Waals surface area contributed by atoms with Crippen LogP contribution in [0.2, 0.25) is 0 Å². The fraction of sp³-hybridized carbons (Fsp3) is 0.522. The Bertz CT molecular complexity index is 868. The van der Waals surface area contributed by atoms with Gasteiger partial charge in [-0.15, -0.1) is 24.8 Å². The van der Waals surface area contributed by atoms with E-state index in [4.69, 9.17) is 18.9 Å². The van der Waals surface area contributed by atoms with Gasteiger partial charge in [0.1, 0.15) is 0 Å². The number of halogens is 2. The van der Waals surface area contributed by atoms with Gasteiger partial charge < -0.3 is 23.8 Å². The Morgan fingerprint density at radius 2 is 1.71 bits per heavy atom. The monoisotopic (exact) mass is 516 g/mol. The highest BCUT2D eigenvalue weighted by Crippen LogP contribution is 2.40. The number of hydrogen-bond acceptors (Lipinski definition) is 9. The fourth-order valence-corrected chi connectivity index (χ4v) is 3.65. The van der Waals surface area contributed by atoms with Crippen molar-refractivity contribution >= 4 is 36.7 Å². The molecule has 34 heavy (non-hydrogen) atoms. The first-order valence-corrected chi connectivity index (χ1v) is 10.9. The highest BCUT2D eigenvalue weighted by Gasteiger charge is 2.22. The van der Waals surface area contributed by atoms with Gasteiger partial charge in [0, 0.05) is 57.1 Å². The molecular formula is C23H34Cl2N4O5. The third kappa shape index (κ3) is 8.07. The zero-order chi connectivity index (χ0) is 22.8. The first-order chi connectivity index (χ1) is 15.7. The van der Waals surface area contributed by atoms with Crippen LogP contribution >= 0.6 is 24.8 Å². The number of piperazine rings is 1. The van der Waals surface area contributed by atoms with Gasteiger partial charge in [0.25, 0.3) is 0 Å².